The molecule has 8 nitrogen and oxygen atoms in total. The summed E-state index contributed by atoms with van der Waals surface area (Å²) in [5.41, 5.74) is 2.86. The molecule has 178 valence electrons. The average Bonchev–Trinajstić information content (AvgIpc) is 3.25. The number of fused-ring (bicyclic) bond motifs is 1. The largest absolute Gasteiger partial charge is 0.493 e. The molecule has 0 radical (unpaired) electrons. The Morgan fingerprint density at radius 1 is 1.21 bits per heavy atom. The van der Waals surface area contributed by atoms with E-state index >= 15 is 0 Å². The predicted octanol–water partition coefficient (Wildman–Crippen LogP) is 5.09. The monoisotopic (exact) mass is 500 g/mol. The van der Waals surface area contributed by atoms with Crippen LogP contribution in [0, 0.1) is 0 Å². The molecule has 2 heterocycles. The first kappa shape index (κ1) is 24.0. The average molecular weight is 501 g/mol. The number of thioether (sulfide) groups is 1. The van der Waals surface area contributed by atoms with Gasteiger partial charge in [0.2, 0.25) is 11.1 Å². The van der Waals surface area contributed by atoms with Crippen LogP contribution in [0.2, 0.25) is 5.02 Å². The fourth-order valence-electron chi connectivity index (χ4n) is 3.76. The van der Waals surface area contributed by atoms with Crippen LogP contribution in [-0.4, -0.2) is 41.6 Å². The summed E-state index contributed by atoms with van der Waals surface area (Å²) in [6, 6.07) is 12.7. The highest BCUT2D eigenvalue weighted by Gasteiger charge is 2.35. The van der Waals surface area contributed by atoms with Gasteiger partial charge >= 0.3 is 5.97 Å². The standard InChI is InChI=1S/C24H25ClN4O4S/c1-5-33-18-11-10-15(12-19(18)31-3)21-20(22(30)32-4)14(2)26-23-27-24(28-29(21)23)34-13-16-8-6-7-9-17(16)25/h6-12,21H,5,13H2,1-4H3,(H,26,27,28). The minimum absolute atomic E-state index is 0.439. The Hall–Kier alpha value is -3.17. The predicted molar refractivity (Wildman–Crippen MR) is 132 cm³/mol. The van der Waals surface area contributed by atoms with Crippen molar-refractivity contribution in [2.45, 2.75) is 30.8 Å². The molecule has 2 aromatic carbocycles. The van der Waals surface area contributed by atoms with Gasteiger partial charge in [-0.05, 0) is 43.2 Å². The number of carbonyl (C=O) groups is 1. The number of benzene rings is 2. The molecule has 0 spiro atoms. The van der Waals surface area contributed by atoms with Crippen molar-refractivity contribution in [3.05, 3.63) is 69.9 Å². The first-order chi connectivity index (χ1) is 16.5. The number of nitrogens with one attached hydrogen (secondary N) is 1. The van der Waals surface area contributed by atoms with E-state index in [2.05, 4.69) is 10.3 Å². The summed E-state index contributed by atoms with van der Waals surface area (Å²) in [5.74, 6) is 1.88. The molecule has 0 saturated heterocycles. The molecule has 34 heavy (non-hydrogen) atoms. The first-order valence-electron chi connectivity index (χ1n) is 10.7. The van der Waals surface area contributed by atoms with E-state index in [1.54, 1.807) is 11.8 Å². The summed E-state index contributed by atoms with van der Waals surface area (Å²) in [7, 11) is 2.94. The molecular formula is C24H25ClN4O4S. The van der Waals surface area contributed by atoms with Crippen molar-refractivity contribution >= 4 is 35.3 Å². The molecule has 0 amide bonds. The Labute approximate surface area is 207 Å². The quantitative estimate of drug-likeness (QED) is 0.338. The minimum atomic E-state index is -0.560. The number of hydrogen-bond donors (Lipinski definition) is 1. The molecule has 3 aromatic rings. The molecule has 0 fully saturated rings. The number of carbonyl (C=O) groups excluding carboxylic acids is 1. The Kier molecular flexibility index (Phi) is 7.33. The van der Waals surface area contributed by atoms with Crippen molar-refractivity contribution in [3.8, 4) is 11.5 Å². The molecule has 1 aliphatic heterocycles. The maximum Gasteiger partial charge on any atom is 0.338 e. The van der Waals surface area contributed by atoms with Gasteiger partial charge in [-0.1, -0.05) is 47.6 Å². The zero-order valence-electron chi connectivity index (χ0n) is 19.3. The van der Waals surface area contributed by atoms with Gasteiger partial charge in [-0.15, -0.1) is 5.10 Å². The van der Waals surface area contributed by atoms with Crippen LogP contribution in [0.5, 0.6) is 11.5 Å². The van der Waals surface area contributed by atoms with E-state index < -0.39 is 12.0 Å². The number of nitrogens with zero attached hydrogens (tertiary/aromatic N) is 3. The lowest BCUT2D eigenvalue weighted by Crippen LogP contribution is -2.29. The Morgan fingerprint density at radius 2 is 2.00 bits per heavy atom. The van der Waals surface area contributed by atoms with Crippen LogP contribution in [0.1, 0.15) is 31.0 Å². The highest BCUT2D eigenvalue weighted by atomic mass is 35.5. The third-order valence-corrected chi connectivity index (χ3v) is 6.61. The Bertz CT molecular complexity index is 1240. The fourth-order valence-corrected chi connectivity index (χ4v) is 4.88. The van der Waals surface area contributed by atoms with Crippen LogP contribution in [0.4, 0.5) is 5.95 Å². The van der Waals surface area contributed by atoms with Gasteiger partial charge in [-0.25, -0.2) is 9.48 Å². The lowest BCUT2D eigenvalue weighted by molar-refractivity contribution is -0.136. The fraction of sp³-hybridized carbons (Fsp3) is 0.292. The Balaban J connectivity index is 1.73. The Morgan fingerprint density at radius 3 is 2.71 bits per heavy atom. The maximum absolute atomic E-state index is 12.8. The maximum atomic E-state index is 12.8. The minimum Gasteiger partial charge on any atom is -0.493 e. The van der Waals surface area contributed by atoms with E-state index in [1.807, 2.05) is 56.3 Å². The number of ether oxygens (including phenoxy) is 3. The lowest BCUT2D eigenvalue weighted by atomic mass is 9.95. The molecule has 0 aliphatic carbocycles. The van der Waals surface area contributed by atoms with Crippen molar-refractivity contribution in [2.24, 2.45) is 0 Å². The van der Waals surface area contributed by atoms with Crippen molar-refractivity contribution in [3.63, 3.8) is 0 Å². The number of allylic oxidation sites excluding steroid dienone is 1. The molecule has 0 bridgehead atoms. The summed E-state index contributed by atoms with van der Waals surface area (Å²) in [6.45, 7) is 4.24. The molecular weight excluding hydrogens is 476 g/mol. The van der Waals surface area contributed by atoms with Crippen LogP contribution < -0.4 is 14.8 Å². The van der Waals surface area contributed by atoms with E-state index in [0.717, 1.165) is 11.1 Å². The smallest absolute Gasteiger partial charge is 0.338 e. The molecule has 1 atom stereocenters. The molecule has 0 saturated carbocycles. The highest BCUT2D eigenvalue weighted by molar-refractivity contribution is 7.98. The van der Waals surface area contributed by atoms with E-state index in [9.17, 15) is 4.79 Å². The number of hydrogen-bond acceptors (Lipinski definition) is 8. The normalized spacial score (nSPS) is 14.9. The molecule has 1 N–H and O–H groups in total. The number of methoxy groups -OCH3 is 2. The summed E-state index contributed by atoms with van der Waals surface area (Å²) >= 11 is 7.76. The van der Waals surface area contributed by atoms with Crippen LogP contribution in [0.15, 0.2) is 58.9 Å². The van der Waals surface area contributed by atoms with E-state index in [1.165, 1.54) is 18.9 Å². The molecule has 4 rings (SSSR count). The number of rotatable bonds is 8. The van der Waals surface area contributed by atoms with Gasteiger partial charge in [0.25, 0.3) is 0 Å². The number of halogens is 1. The van der Waals surface area contributed by atoms with Gasteiger partial charge in [-0.2, -0.15) is 4.98 Å². The second-order valence-electron chi connectivity index (χ2n) is 7.44. The van der Waals surface area contributed by atoms with Crippen molar-refractivity contribution in [1.29, 1.82) is 0 Å². The zero-order chi connectivity index (χ0) is 24.2. The molecule has 10 heteroatoms. The van der Waals surface area contributed by atoms with Crippen LogP contribution >= 0.6 is 23.4 Å². The second kappa shape index (κ2) is 10.4. The summed E-state index contributed by atoms with van der Waals surface area (Å²) < 4.78 is 18.0. The third-order valence-electron chi connectivity index (χ3n) is 5.36. The second-order valence-corrected chi connectivity index (χ2v) is 8.79. The van der Waals surface area contributed by atoms with Crippen molar-refractivity contribution < 1.29 is 19.0 Å². The summed E-state index contributed by atoms with van der Waals surface area (Å²) in [4.78, 5) is 17.4. The molecule has 1 aromatic heterocycles. The molecule has 1 aliphatic rings. The number of esters is 1. The zero-order valence-corrected chi connectivity index (χ0v) is 20.9. The van der Waals surface area contributed by atoms with Crippen molar-refractivity contribution in [2.75, 3.05) is 26.1 Å². The first-order valence-corrected chi connectivity index (χ1v) is 12.0. The van der Waals surface area contributed by atoms with Gasteiger partial charge in [0.05, 0.1) is 26.4 Å². The lowest BCUT2D eigenvalue weighted by Gasteiger charge is -2.28. The summed E-state index contributed by atoms with van der Waals surface area (Å²) in [5, 5.41) is 9.16. The van der Waals surface area contributed by atoms with Crippen molar-refractivity contribution in [1.82, 2.24) is 14.8 Å². The van der Waals surface area contributed by atoms with Gasteiger partial charge < -0.3 is 19.5 Å². The number of anilines is 1. The van der Waals surface area contributed by atoms with Gasteiger partial charge in [-0.3, -0.25) is 0 Å². The third kappa shape index (κ3) is 4.71. The van der Waals surface area contributed by atoms with Gasteiger partial charge in [0.1, 0.15) is 6.04 Å². The SMILES string of the molecule is CCOc1ccc(C2C(C(=O)OC)=C(C)Nc3nc(SCc4ccccc4Cl)nn32)cc1OC. The highest BCUT2D eigenvalue weighted by Crippen LogP contribution is 2.40. The van der Waals surface area contributed by atoms with Gasteiger partial charge in [0, 0.05) is 16.5 Å². The van der Waals surface area contributed by atoms with Crippen LogP contribution in [-0.2, 0) is 15.3 Å². The van der Waals surface area contributed by atoms with Crippen LogP contribution in [0.3, 0.4) is 0 Å². The summed E-state index contributed by atoms with van der Waals surface area (Å²) in [6.07, 6.45) is 0. The van der Waals surface area contributed by atoms with E-state index in [-0.39, 0.29) is 0 Å². The number of aromatic nitrogens is 3. The van der Waals surface area contributed by atoms with E-state index in [0.29, 0.717) is 51.3 Å². The molecule has 1 unspecified atom stereocenters. The van der Waals surface area contributed by atoms with E-state index in [4.69, 9.17) is 30.9 Å². The van der Waals surface area contributed by atoms with Crippen LogP contribution in [0.25, 0.3) is 0 Å². The van der Waals surface area contributed by atoms with Gasteiger partial charge in [0.15, 0.2) is 11.5 Å². The topological polar surface area (TPSA) is 87.5 Å².